The quantitative estimate of drug-likeness (QED) is 0.593. The molecular formula is C12H17NO3. The molecule has 16 heavy (non-hydrogen) atoms. The summed E-state index contributed by atoms with van der Waals surface area (Å²) in [5.41, 5.74) is 1.10. The van der Waals surface area contributed by atoms with E-state index in [1.54, 1.807) is 6.92 Å². The van der Waals surface area contributed by atoms with Gasteiger partial charge in [0.1, 0.15) is 6.10 Å². The number of hydrogen-bond acceptors (Lipinski definition) is 3. The third-order valence-corrected chi connectivity index (χ3v) is 2.70. The lowest BCUT2D eigenvalue weighted by Crippen LogP contribution is -2.33. The van der Waals surface area contributed by atoms with Gasteiger partial charge in [-0.05, 0) is 18.4 Å². The molecule has 0 spiro atoms. The van der Waals surface area contributed by atoms with Crippen LogP contribution in [0.1, 0.15) is 25.3 Å². The largest absolute Gasteiger partial charge is 0.386 e. The van der Waals surface area contributed by atoms with Gasteiger partial charge in [-0.2, -0.15) is 0 Å². The van der Waals surface area contributed by atoms with Crippen LogP contribution in [0.15, 0.2) is 30.3 Å². The summed E-state index contributed by atoms with van der Waals surface area (Å²) in [6.45, 7) is 1.72. The number of hydrogen-bond donors (Lipinski definition) is 1. The number of rotatable bonds is 6. The van der Waals surface area contributed by atoms with Gasteiger partial charge in [0.05, 0.1) is 0 Å². The van der Waals surface area contributed by atoms with E-state index in [1.807, 2.05) is 30.3 Å². The summed E-state index contributed by atoms with van der Waals surface area (Å²) in [6, 6.07) is 8.84. The van der Waals surface area contributed by atoms with Crippen LogP contribution in [0.25, 0.3) is 0 Å². The first-order chi connectivity index (χ1) is 7.65. The molecule has 0 unspecified atom stereocenters. The van der Waals surface area contributed by atoms with Gasteiger partial charge < -0.3 is 5.11 Å². The van der Waals surface area contributed by atoms with Gasteiger partial charge in [-0.1, -0.05) is 37.3 Å². The van der Waals surface area contributed by atoms with Gasteiger partial charge in [-0.3, -0.25) is 10.1 Å². The summed E-state index contributed by atoms with van der Waals surface area (Å²) < 4.78 is 0. The van der Waals surface area contributed by atoms with Gasteiger partial charge >= 0.3 is 0 Å². The molecule has 0 heterocycles. The number of benzene rings is 1. The van der Waals surface area contributed by atoms with Crippen molar-refractivity contribution in [3.05, 3.63) is 46.0 Å². The topological polar surface area (TPSA) is 63.4 Å². The Bertz CT molecular complexity index is 326. The number of aryl methyl sites for hydroxylation is 1. The number of nitrogens with zero attached hydrogens (tertiary/aromatic N) is 1. The van der Waals surface area contributed by atoms with Gasteiger partial charge in [0.15, 0.2) is 0 Å². The maximum atomic E-state index is 10.6. The van der Waals surface area contributed by atoms with Gasteiger partial charge in [-0.25, -0.2) is 0 Å². The number of aliphatic hydroxyl groups excluding tert-OH is 1. The minimum atomic E-state index is -0.861. The minimum absolute atomic E-state index is 0.364. The number of nitro groups is 1. The van der Waals surface area contributed by atoms with Crippen molar-refractivity contribution in [2.75, 3.05) is 0 Å². The molecule has 0 aliphatic carbocycles. The number of aliphatic hydroxyl groups is 1. The van der Waals surface area contributed by atoms with Crippen molar-refractivity contribution in [2.24, 2.45) is 0 Å². The molecule has 1 aromatic rings. The molecule has 2 atom stereocenters. The predicted octanol–water partition coefficient (Wildman–Crippen LogP) is 2.04. The SMILES string of the molecule is CC[C@H]([C@@H](O)CCc1ccccc1)[N+](=O)[O-]. The lowest BCUT2D eigenvalue weighted by Gasteiger charge is -2.14. The Labute approximate surface area is 95.1 Å². The standard InChI is InChI=1S/C12H17NO3/c1-2-11(13(15)16)12(14)9-8-10-6-4-3-5-7-10/h3-7,11-12,14H,2,8-9H2,1H3/t11-,12+/m1/s1. The lowest BCUT2D eigenvalue weighted by atomic mass is 10.0. The highest BCUT2D eigenvalue weighted by atomic mass is 16.6. The van der Waals surface area contributed by atoms with Crippen molar-refractivity contribution in [3.63, 3.8) is 0 Å². The Morgan fingerprint density at radius 2 is 2.00 bits per heavy atom. The first-order valence-electron chi connectivity index (χ1n) is 5.50. The molecule has 0 saturated carbocycles. The Hall–Kier alpha value is -1.42. The van der Waals surface area contributed by atoms with E-state index in [9.17, 15) is 15.2 Å². The van der Waals surface area contributed by atoms with E-state index in [1.165, 1.54) is 0 Å². The van der Waals surface area contributed by atoms with Crippen LogP contribution in [0.5, 0.6) is 0 Å². The average molecular weight is 223 g/mol. The van der Waals surface area contributed by atoms with Crippen LogP contribution < -0.4 is 0 Å². The second kappa shape index (κ2) is 6.23. The normalized spacial score (nSPS) is 14.4. The molecule has 0 aliphatic rings. The lowest BCUT2D eigenvalue weighted by molar-refractivity contribution is -0.534. The molecule has 0 saturated heterocycles. The van der Waals surface area contributed by atoms with Crippen molar-refractivity contribution in [1.82, 2.24) is 0 Å². The summed E-state index contributed by atoms with van der Waals surface area (Å²) in [5, 5.41) is 20.3. The maximum Gasteiger partial charge on any atom is 0.238 e. The Morgan fingerprint density at radius 3 is 2.50 bits per heavy atom. The molecule has 0 aliphatic heterocycles. The smallest absolute Gasteiger partial charge is 0.238 e. The van der Waals surface area contributed by atoms with Crippen LogP contribution in [0.2, 0.25) is 0 Å². The van der Waals surface area contributed by atoms with Crippen LogP contribution in [-0.4, -0.2) is 22.2 Å². The molecular weight excluding hydrogens is 206 g/mol. The van der Waals surface area contributed by atoms with Gasteiger partial charge in [0, 0.05) is 11.3 Å². The monoisotopic (exact) mass is 223 g/mol. The van der Waals surface area contributed by atoms with Gasteiger partial charge in [0.2, 0.25) is 6.04 Å². The summed E-state index contributed by atoms with van der Waals surface area (Å²) in [4.78, 5) is 10.2. The van der Waals surface area contributed by atoms with E-state index in [-0.39, 0.29) is 0 Å². The Morgan fingerprint density at radius 1 is 1.38 bits per heavy atom. The van der Waals surface area contributed by atoms with Crippen LogP contribution in [-0.2, 0) is 6.42 Å². The highest BCUT2D eigenvalue weighted by molar-refractivity contribution is 5.14. The van der Waals surface area contributed by atoms with Crippen LogP contribution >= 0.6 is 0 Å². The third kappa shape index (κ3) is 3.62. The van der Waals surface area contributed by atoms with Crippen LogP contribution in [0.4, 0.5) is 0 Å². The van der Waals surface area contributed by atoms with Crippen molar-refractivity contribution in [2.45, 2.75) is 38.3 Å². The van der Waals surface area contributed by atoms with Gasteiger partial charge in [-0.15, -0.1) is 0 Å². The van der Waals surface area contributed by atoms with E-state index in [0.29, 0.717) is 19.3 Å². The predicted molar refractivity (Wildman–Crippen MR) is 61.8 cm³/mol. The average Bonchev–Trinajstić information content (AvgIpc) is 2.28. The maximum absolute atomic E-state index is 10.6. The zero-order chi connectivity index (χ0) is 12.0. The molecule has 4 nitrogen and oxygen atoms in total. The fourth-order valence-electron chi connectivity index (χ4n) is 1.71. The molecule has 1 rings (SSSR count). The zero-order valence-electron chi connectivity index (χ0n) is 9.37. The van der Waals surface area contributed by atoms with Crippen molar-refractivity contribution in [3.8, 4) is 0 Å². The van der Waals surface area contributed by atoms with E-state index in [4.69, 9.17) is 0 Å². The van der Waals surface area contributed by atoms with Crippen molar-refractivity contribution >= 4 is 0 Å². The zero-order valence-corrected chi connectivity index (χ0v) is 9.37. The van der Waals surface area contributed by atoms with Crippen molar-refractivity contribution < 1.29 is 10.0 Å². The van der Waals surface area contributed by atoms with E-state index >= 15 is 0 Å². The van der Waals surface area contributed by atoms with E-state index in [2.05, 4.69) is 0 Å². The highest BCUT2D eigenvalue weighted by Crippen LogP contribution is 2.11. The fourth-order valence-corrected chi connectivity index (χ4v) is 1.71. The second-order valence-electron chi connectivity index (χ2n) is 3.85. The molecule has 1 aromatic carbocycles. The highest BCUT2D eigenvalue weighted by Gasteiger charge is 2.27. The summed E-state index contributed by atoms with van der Waals surface area (Å²) >= 11 is 0. The Balaban J connectivity index is 2.46. The van der Waals surface area contributed by atoms with Crippen LogP contribution in [0.3, 0.4) is 0 Å². The minimum Gasteiger partial charge on any atom is -0.386 e. The molecule has 1 N–H and O–H groups in total. The fraction of sp³-hybridized carbons (Fsp3) is 0.500. The first-order valence-corrected chi connectivity index (χ1v) is 5.50. The second-order valence-corrected chi connectivity index (χ2v) is 3.85. The van der Waals surface area contributed by atoms with Crippen molar-refractivity contribution in [1.29, 1.82) is 0 Å². The third-order valence-electron chi connectivity index (χ3n) is 2.70. The molecule has 4 heteroatoms. The molecule has 0 bridgehead atoms. The molecule has 0 aromatic heterocycles. The molecule has 0 fully saturated rings. The summed E-state index contributed by atoms with van der Waals surface area (Å²) in [6.07, 6.45) is 0.610. The van der Waals surface area contributed by atoms with E-state index in [0.717, 1.165) is 5.56 Å². The Kier molecular flexibility index (Phi) is 4.92. The molecule has 0 amide bonds. The summed E-state index contributed by atoms with van der Waals surface area (Å²) in [5.74, 6) is 0. The molecule has 0 radical (unpaired) electrons. The first kappa shape index (κ1) is 12.6. The van der Waals surface area contributed by atoms with Crippen LogP contribution in [0, 0.1) is 10.1 Å². The van der Waals surface area contributed by atoms with Gasteiger partial charge in [0.25, 0.3) is 0 Å². The molecule has 88 valence electrons. The van der Waals surface area contributed by atoms with E-state index < -0.39 is 17.1 Å². The summed E-state index contributed by atoms with van der Waals surface area (Å²) in [7, 11) is 0.